The lowest BCUT2D eigenvalue weighted by atomic mass is 10.0. The van der Waals surface area contributed by atoms with Crippen molar-refractivity contribution in [3.63, 3.8) is 0 Å². The summed E-state index contributed by atoms with van der Waals surface area (Å²) >= 11 is 0. The van der Waals surface area contributed by atoms with Crippen molar-refractivity contribution in [2.24, 2.45) is 0 Å². The van der Waals surface area contributed by atoms with Crippen LogP contribution in [0.25, 0.3) is 0 Å². The minimum Gasteiger partial charge on any atom is -0.373 e. The van der Waals surface area contributed by atoms with Gasteiger partial charge in [0.25, 0.3) is 5.91 Å². The molecule has 1 N–H and O–H groups in total. The maximum atomic E-state index is 13.2. The van der Waals surface area contributed by atoms with E-state index in [1.165, 1.54) is 0 Å². The first-order valence-corrected chi connectivity index (χ1v) is 8.43. The third-order valence-corrected chi connectivity index (χ3v) is 4.59. The maximum absolute atomic E-state index is 13.2. The molecule has 6 heteroatoms. The first-order valence-electron chi connectivity index (χ1n) is 8.43. The Morgan fingerprint density at radius 3 is 2.96 bits per heavy atom. The van der Waals surface area contributed by atoms with E-state index in [0.717, 1.165) is 36.5 Å². The monoisotopic (exact) mass is 328 g/mol. The molecule has 1 amide bonds. The summed E-state index contributed by atoms with van der Waals surface area (Å²) in [4.78, 5) is 19.4. The molecule has 0 saturated carbocycles. The molecule has 3 heterocycles. The second kappa shape index (κ2) is 6.63. The van der Waals surface area contributed by atoms with Gasteiger partial charge in [0.2, 0.25) is 0 Å². The number of rotatable bonds is 4. The summed E-state index contributed by atoms with van der Waals surface area (Å²) < 4.78 is 5.30. The molecule has 3 rings (SSSR count). The Labute approximate surface area is 142 Å². The highest BCUT2D eigenvalue weighted by Gasteiger charge is 2.34. The number of aromatic nitrogens is 2. The quantitative estimate of drug-likeness (QED) is 0.930. The lowest BCUT2D eigenvalue weighted by Gasteiger charge is -2.25. The van der Waals surface area contributed by atoms with Crippen LogP contribution in [0.4, 0.5) is 5.82 Å². The van der Waals surface area contributed by atoms with Crippen LogP contribution < -0.4 is 5.32 Å². The van der Waals surface area contributed by atoms with Gasteiger partial charge in [-0.25, -0.2) is 4.98 Å². The van der Waals surface area contributed by atoms with E-state index in [1.807, 2.05) is 44.9 Å². The summed E-state index contributed by atoms with van der Waals surface area (Å²) in [5.74, 6) is 1.58. The molecular formula is C18H24N4O2. The Morgan fingerprint density at radius 2 is 2.25 bits per heavy atom. The third kappa shape index (κ3) is 2.88. The predicted octanol–water partition coefficient (Wildman–Crippen LogP) is 3.52. The molecule has 0 aliphatic carbocycles. The van der Waals surface area contributed by atoms with E-state index in [0.29, 0.717) is 11.3 Å². The molecule has 0 unspecified atom stereocenters. The van der Waals surface area contributed by atoms with Crippen molar-refractivity contribution < 1.29 is 9.32 Å². The minimum atomic E-state index is 0.0165. The van der Waals surface area contributed by atoms with Gasteiger partial charge in [-0.15, -0.1) is 0 Å². The van der Waals surface area contributed by atoms with Crippen LogP contribution in [0.1, 0.15) is 66.0 Å². The number of pyridine rings is 1. The summed E-state index contributed by atoms with van der Waals surface area (Å²) in [6.45, 7) is 6.61. The molecule has 2 aromatic heterocycles. The molecule has 0 aromatic carbocycles. The Kier molecular flexibility index (Phi) is 4.55. The largest absolute Gasteiger partial charge is 0.373 e. The van der Waals surface area contributed by atoms with Crippen LogP contribution in [-0.4, -0.2) is 34.5 Å². The van der Waals surface area contributed by atoms with Crippen molar-refractivity contribution in [2.45, 2.75) is 45.6 Å². The van der Waals surface area contributed by atoms with Gasteiger partial charge >= 0.3 is 0 Å². The molecule has 1 aliphatic heterocycles. The molecule has 0 spiro atoms. The van der Waals surface area contributed by atoms with Gasteiger partial charge in [0.1, 0.15) is 17.1 Å². The first-order chi connectivity index (χ1) is 11.5. The van der Waals surface area contributed by atoms with E-state index in [2.05, 4.69) is 15.5 Å². The molecule has 128 valence electrons. The fraction of sp³-hybridized carbons (Fsp3) is 0.500. The molecule has 24 heavy (non-hydrogen) atoms. The molecule has 1 aliphatic rings. The fourth-order valence-corrected chi connectivity index (χ4v) is 3.33. The Bertz CT molecular complexity index is 738. The van der Waals surface area contributed by atoms with Crippen molar-refractivity contribution in [3.8, 4) is 0 Å². The average Bonchev–Trinajstić information content (AvgIpc) is 3.21. The summed E-state index contributed by atoms with van der Waals surface area (Å²) in [5.41, 5.74) is 2.48. The highest BCUT2D eigenvalue weighted by molar-refractivity contribution is 5.96. The number of anilines is 1. The fourth-order valence-electron chi connectivity index (χ4n) is 3.33. The van der Waals surface area contributed by atoms with E-state index >= 15 is 0 Å². The van der Waals surface area contributed by atoms with Gasteiger partial charge in [0, 0.05) is 19.8 Å². The van der Waals surface area contributed by atoms with Crippen molar-refractivity contribution in [3.05, 3.63) is 40.9 Å². The van der Waals surface area contributed by atoms with Gasteiger partial charge in [-0.2, -0.15) is 0 Å². The molecular weight excluding hydrogens is 304 g/mol. The average molecular weight is 328 g/mol. The van der Waals surface area contributed by atoms with Crippen LogP contribution in [0, 0.1) is 6.92 Å². The Hall–Kier alpha value is -2.37. The second-order valence-electron chi connectivity index (χ2n) is 6.53. The minimum absolute atomic E-state index is 0.0165. The second-order valence-corrected chi connectivity index (χ2v) is 6.53. The normalized spacial score (nSPS) is 17.5. The standard InChI is InChI=1S/C18H24N4O2/c1-11(2)17-16(12(3)24-21-17)18(23)22-9-5-6-14(22)13-7-8-20-15(10-13)19-4/h7-8,10-11,14H,5-6,9H2,1-4H3,(H,19,20)/t14-/m0/s1. The lowest BCUT2D eigenvalue weighted by Crippen LogP contribution is -2.31. The molecule has 1 fully saturated rings. The van der Waals surface area contributed by atoms with Crippen LogP contribution in [0.5, 0.6) is 0 Å². The molecule has 1 atom stereocenters. The number of carbonyl (C=O) groups excluding carboxylic acids is 1. The number of hydrogen-bond donors (Lipinski definition) is 1. The van der Waals surface area contributed by atoms with Gasteiger partial charge in [0.05, 0.1) is 11.7 Å². The topological polar surface area (TPSA) is 71.3 Å². The van der Waals surface area contributed by atoms with E-state index in [-0.39, 0.29) is 17.9 Å². The third-order valence-electron chi connectivity index (χ3n) is 4.59. The Morgan fingerprint density at radius 1 is 1.46 bits per heavy atom. The van der Waals surface area contributed by atoms with Gasteiger partial charge in [-0.1, -0.05) is 19.0 Å². The Balaban J connectivity index is 1.93. The van der Waals surface area contributed by atoms with Crippen molar-refractivity contribution in [2.75, 3.05) is 18.9 Å². The highest BCUT2D eigenvalue weighted by atomic mass is 16.5. The number of nitrogens with one attached hydrogen (secondary N) is 1. The molecule has 6 nitrogen and oxygen atoms in total. The SMILES string of the molecule is CNc1cc([C@@H]2CCCN2C(=O)c2c(C(C)C)noc2C)ccn1. The van der Waals surface area contributed by atoms with Gasteiger partial charge in [-0.05, 0) is 43.4 Å². The van der Waals surface area contributed by atoms with Gasteiger partial charge < -0.3 is 14.7 Å². The molecule has 0 radical (unpaired) electrons. The van der Waals surface area contributed by atoms with Crippen LogP contribution in [0.2, 0.25) is 0 Å². The lowest BCUT2D eigenvalue weighted by molar-refractivity contribution is 0.0732. The number of aryl methyl sites for hydroxylation is 1. The molecule has 1 saturated heterocycles. The zero-order chi connectivity index (χ0) is 17.3. The number of nitrogens with zero attached hydrogens (tertiary/aromatic N) is 3. The van der Waals surface area contributed by atoms with Crippen LogP contribution in [0.3, 0.4) is 0 Å². The summed E-state index contributed by atoms with van der Waals surface area (Å²) in [7, 11) is 1.85. The molecule has 2 aromatic rings. The summed E-state index contributed by atoms with van der Waals surface area (Å²) in [6.07, 6.45) is 3.74. The van der Waals surface area contributed by atoms with E-state index < -0.39 is 0 Å². The summed E-state index contributed by atoms with van der Waals surface area (Å²) in [5, 5.41) is 7.15. The highest BCUT2D eigenvalue weighted by Crippen LogP contribution is 2.35. The maximum Gasteiger partial charge on any atom is 0.259 e. The van der Waals surface area contributed by atoms with Crippen molar-refractivity contribution in [1.82, 2.24) is 15.0 Å². The van der Waals surface area contributed by atoms with E-state index in [1.54, 1.807) is 6.20 Å². The number of carbonyl (C=O) groups is 1. The molecule has 0 bridgehead atoms. The van der Waals surface area contributed by atoms with Crippen molar-refractivity contribution in [1.29, 1.82) is 0 Å². The number of hydrogen-bond acceptors (Lipinski definition) is 5. The summed E-state index contributed by atoms with van der Waals surface area (Å²) in [6, 6.07) is 4.07. The predicted molar refractivity (Wildman–Crippen MR) is 92.1 cm³/mol. The number of likely N-dealkylation sites (tertiary alicyclic amines) is 1. The van der Waals surface area contributed by atoms with E-state index in [4.69, 9.17) is 4.52 Å². The first kappa shape index (κ1) is 16.5. The van der Waals surface area contributed by atoms with Gasteiger partial charge in [-0.3, -0.25) is 4.79 Å². The van der Waals surface area contributed by atoms with Crippen molar-refractivity contribution >= 4 is 11.7 Å². The zero-order valence-electron chi connectivity index (χ0n) is 14.7. The zero-order valence-corrected chi connectivity index (χ0v) is 14.7. The number of amides is 1. The van der Waals surface area contributed by atoms with Crippen LogP contribution in [0.15, 0.2) is 22.9 Å². The van der Waals surface area contributed by atoms with Gasteiger partial charge in [0.15, 0.2) is 0 Å². The van der Waals surface area contributed by atoms with Crippen LogP contribution >= 0.6 is 0 Å². The smallest absolute Gasteiger partial charge is 0.259 e. The van der Waals surface area contributed by atoms with Crippen LogP contribution in [-0.2, 0) is 0 Å². The van der Waals surface area contributed by atoms with E-state index in [9.17, 15) is 4.79 Å².